The Morgan fingerprint density at radius 1 is 1.41 bits per heavy atom. The SMILES string of the molecule is CC1CN(CCCCC(C)(C)C#N)CCC1N. The van der Waals surface area contributed by atoms with Crippen LogP contribution in [0.15, 0.2) is 0 Å². The molecule has 0 saturated carbocycles. The Morgan fingerprint density at radius 2 is 2.12 bits per heavy atom. The second kappa shape index (κ2) is 6.37. The average molecular weight is 237 g/mol. The van der Waals surface area contributed by atoms with Crippen molar-refractivity contribution in [2.75, 3.05) is 19.6 Å². The highest BCUT2D eigenvalue weighted by Crippen LogP contribution is 2.22. The molecule has 2 unspecified atom stereocenters. The topological polar surface area (TPSA) is 53.0 Å². The van der Waals surface area contributed by atoms with E-state index in [1.807, 2.05) is 13.8 Å². The molecule has 0 amide bonds. The zero-order chi connectivity index (χ0) is 12.9. The molecule has 0 radical (unpaired) electrons. The largest absolute Gasteiger partial charge is 0.327 e. The van der Waals surface area contributed by atoms with Crippen molar-refractivity contribution in [3.8, 4) is 6.07 Å². The molecule has 1 heterocycles. The van der Waals surface area contributed by atoms with Gasteiger partial charge in [-0.05, 0) is 52.1 Å². The minimum atomic E-state index is -0.155. The number of hydrogen-bond donors (Lipinski definition) is 1. The summed E-state index contributed by atoms with van der Waals surface area (Å²) in [6, 6.07) is 2.75. The van der Waals surface area contributed by atoms with E-state index in [1.54, 1.807) is 0 Å². The lowest BCUT2D eigenvalue weighted by Crippen LogP contribution is -2.46. The van der Waals surface area contributed by atoms with Crippen LogP contribution < -0.4 is 5.73 Å². The molecule has 1 fully saturated rings. The molecule has 98 valence electrons. The van der Waals surface area contributed by atoms with Crippen LogP contribution in [0.1, 0.15) is 46.5 Å². The van der Waals surface area contributed by atoms with Gasteiger partial charge >= 0.3 is 0 Å². The van der Waals surface area contributed by atoms with Crippen molar-refractivity contribution < 1.29 is 0 Å². The number of unbranched alkanes of at least 4 members (excludes halogenated alkanes) is 1. The fourth-order valence-corrected chi connectivity index (χ4v) is 2.41. The molecule has 3 nitrogen and oxygen atoms in total. The molecule has 3 heteroatoms. The fraction of sp³-hybridized carbons (Fsp3) is 0.929. The molecule has 2 atom stereocenters. The number of rotatable bonds is 5. The molecule has 1 saturated heterocycles. The number of likely N-dealkylation sites (tertiary alicyclic amines) is 1. The summed E-state index contributed by atoms with van der Waals surface area (Å²) in [4.78, 5) is 2.52. The minimum absolute atomic E-state index is 0.155. The summed E-state index contributed by atoms with van der Waals surface area (Å²) >= 11 is 0. The van der Waals surface area contributed by atoms with Crippen LogP contribution in [0, 0.1) is 22.7 Å². The maximum atomic E-state index is 8.93. The van der Waals surface area contributed by atoms with Crippen LogP contribution in [0.4, 0.5) is 0 Å². The molecule has 0 aliphatic carbocycles. The highest BCUT2D eigenvalue weighted by atomic mass is 15.1. The van der Waals surface area contributed by atoms with Crippen LogP contribution in [0.5, 0.6) is 0 Å². The Bertz CT molecular complexity index is 267. The lowest BCUT2D eigenvalue weighted by molar-refractivity contribution is 0.161. The highest BCUT2D eigenvalue weighted by molar-refractivity contribution is 4.91. The van der Waals surface area contributed by atoms with Crippen molar-refractivity contribution in [1.29, 1.82) is 5.26 Å². The normalized spacial score (nSPS) is 26.8. The van der Waals surface area contributed by atoms with Gasteiger partial charge in [-0.15, -0.1) is 0 Å². The monoisotopic (exact) mass is 237 g/mol. The zero-order valence-corrected chi connectivity index (χ0v) is 11.6. The number of piperidine rings is 1. The van der Waals surface area contributed by atoms with Crippen molar-refractivity contribution in [2.24, 2.45) is 17.1 Å². The van der Waals surface area contributed by atoms with Crippen LogP contribution in [0.25, 0.3) is 0 Å². The second-order valence-corrected chi connectivity index (χ2v) is 6.18. The van der Waals surface area contributed by atoms with Gasteiger partial charge in [0.15, 0.2) is 0 Å². The third kappa shape index (κ3) is 5.06. The van der Waals surface area contributed by atoms with Crippen molar-refractivity contribution in [1.82, 2.24) is 4.90 Å². The van der Waals surface area contributed by atoms with E-state index < -0.39 is 0 Å². The molecule has 17 heavy (non-hydrogen) atoms. The maximum absolute atomic E-state index is 8.93. The van der Waals surface area contributed by atoms with Crippen molar-refractivity contribution in [3.05, 3.63) is 0 Å². The Hall–Kier alpha value is -0.590. The molecule has 0 bridgehead atoms. The van der Waals surface area contributed by atoms with Gasteiger partial charge in [-0.1, -0.05) is 13.3 Å². The lowest BCUT2D eigenvalue weighted by atomic mass is 9.89. The highest BCUT2D eigenvalue weighted by Gasteiger charge is 2.22. The quantitative estimate of drug-likeness (QED) is 0.747. The summed E-state index contributed by atoms with van der Waals surface area (Å²) in [5.74, 6) is 0.624. The van der Waals surface area contributed by atoms with Crippen molar-refractivity contribution in [3.63, 3.8) is 0 Å². The third-order valence-corrected chi connectivity index (χ3v) is 3.88. The van der Waals surface area contributed by atoms with E-state index in [0.29, 0.717) is 12.0 Å². The maximum Gasteiger partial charge on any atom is 0.0683 e. The summed E-state index contributed by atoms with van der Waals surface area (Å²) in [5.41, 5.74) is 5.85. The van der Waals surface area contributed by atoms with Gasteiger partial charge in [-0.2, -0.15) is 5.26 Å². The Morgan fingerprint density at radius 3 is 2.71 bits per heavy atom. The van der Waals surface area contributed by atoms with E-state index in [0.717, 1.165) is 32.4 Å². The summed E-state index contributed by atoms with van der Waals surface area (Å²) < 4.78 is 0. The molecule has 2 N–H and O–H groups in total. The van der Waals surface area contributed by atoms with Gasteiger partial charge in [0.1, 0.15) is 0 Å². The van der Waals surface area contributed by atoms with Gasteiger partial charge in [-0.25, -0.2) is 0 Å². The molecular formula is C14H27N3. The summed E-state index contributed by atoms with van der Waals surface area (Å²) in [7, 11) is 0. The molecular weight excluding hydrogens is 210 g/mol. The Labute approximate surface area is 106 Å². The van der Waals surface area contributed by atoms with Crippen LogP contribution in [-0.2, 0) is 0 Å². The van der Waals surface area contributed by atoms with Crippen LogP contribution >= 0.6 is 0 Å². The van der Waals surface area contributed by atoms with Gasteiger partial charge in [-0.3, -0.25) is 0 Å². The molecule has 1 aliphatic rings. The first kappa shape index (κ1) is 14.5. The van der Waals surface area contributed by atoms with Gasteiger partial charge in [0.2, 0.25) is 0 Å². The van der Waals surface area contributed by atoms with E-state index in [9.17, 15) is 0 Å². The molecule has 1 rings (SSSR count). The second-order valence-electron chi connectivity index (χ2n) is 6.18. The minimum Gasteiger partial charge on any atom is -0.327 e. The zero-order valence-electron chi connectivity index (χ0n) is 11.6. The Kier molecular flexibility index (Phi) is 5.42. The van der Waals surface area contributed by atoms with Gasteiger partial charge in [0.25, 0.3) is 0 Å². The molecule has 0 aromatic heterocycles. The number of nitriles is 1. The number of hydrogen-bond acceptors (Lipinski definition) is 3. The summed E-state index contributed by atoms with van der Waals surface area (Å²) in [6.07, 6.45) is 4.49. The summed E-state index contributed by atoms with van der Waals surface area (Å²) in [5, 5.41) is 8.93. The van der Waals surface area contributed by atoms with E-state index in [1.165, 1.54) is 13.0 Å². The number of nitrogens with two attached hydrogens (primary N) is 1. The van der Waals surface area contributed by atoms with Gasteiger partial charge in [0, 0.05) is 12.6 Å². The van der Waals surface area contributed by atoms with Gasteiger partial charge in [0.05, 0.1) is 11.5 Å². The third-order valence-electron chi connectivity index (χ3n) is 3.88. The molecule has 1 aliphatic heterocycles. The smallest absolute Gasteiger partial charge is 0.0683 e. The molecule has 0 aromatic rings. The van der Waals surface area contributed by atoms with E-state index in [4.69, 9.17) is 11.0 Å². The fourth-order valence-electron chi connectivity index (χ4n) is 2.41. The van der Waals surface area contributed by atoms with Gasteiger partial charge < -0.3 is 10.6 Å². The average Bonchev–Trinajstić information content (AvgIpc) is 2.29. The van der Waals surface area contributed by atoms with E-state index in [-0.39, 0.29) is 5.41 Å². The van der Waals surface area contributed by atoms with Crippen molar-refractivity contribution >= 4 is 0 Å². The molecule has 0 spiro atoms. The first-order valence-electron chi connectivity index (χ1n) is 6.84. The Balaban J connectivity index is 2.14. The summed E-state index contributed by atoms with van der Waals surface area (Å²) in [6.45, 7) is 9.74. The van der Waals surface area contributed by atoms with Crippen LogP contribution in [0.3, 0.4) is 0 Å². The van der Waals surface area contributed by atoms with Crippen LogP contribution in [-0.4, -0.2) is 30.6 Å². The first-order valence-corrected chi connectivity index (χ1v) is 6.84. The first-order chi connectivity index (χ1) is 7.94. The van der Waals surface area contributed by atoms with Crippen molar-refractivity contribution in [2.45, 2.75) is 52.5 Å². The predicted octanol–water partition coefficient (Wildman–Crippen LogP) is 2.38. The lowest BCUT2D eigenvalue weighted by Gasteiger charge is -2.35. The molecule has 0 aromatic carbocycles. The van der Waals surface area contributed by atoms with E-state index >= 15 is 0 Å². The number of nitrogens with zero attached hydrogens (tertiary/aromatic N) is 2. The standard InChI is InChI=1S/C14H27N3/c1-12-10-17(9-6-13(12)16)8-5-4-7-14(2,3)11-15/h12-13H,4-10,16H2,1-3H3. The van der Waals surface area contributed by atoms with Crippen LogP contribution in [0.2, 0.25) is 0 Å². The predicted molar refractivity (Wildman–Crippen MR) is 71.4 cm³/mol. The van der Waals surface area contributed by atoms with E-state index in [2.05, 4.69) is 17.9 Å².